The Hall–Kier alpha value is -1.91. The molecule has 0 aromatic heterocycles. The van der Waals surface area contributed by atoms with Crippen molar-refractivity contribution in [2.75, 3.05) is 6.54 Å². The fraction of sp³-hybridized carbons (Fsp3) is 0.429. The van der Waals surface area contributed by atoms with Gasteiger partial charge >= 0.3 is 11.8 Å². The number of carbonyl (C=O) groups excluding carboxylic acids is 2. The monoisotopic (exact) mass is 264 g/mol. The highest BCUT2D eigenvalue weighted by atomic mass is 19.1. The first kappa shape index (κ1) is 13.5. The van der Waals surface area contributed by atoms with Gasteiger partial charge in [-0.25, -0.2) is 4.39 Å². The highest BCUT2D eigenvalue weighted by molar-refractivity contribution is 6.34. The van der Waals surface area contributed by atoms with Gasteiger partial charge in [-0.1, -0.05) is 19.1 Å². The van der Waals surface area contributed by atoms with Crippen LogP contribution in [0.5, 0.6) is 0 Å². The molecular formula is C14H17FN2O2. The summed E-state index contributed by atoms with van der Waals surface area (Å²) >= 11 is 0. The molecule has 19 heavy (non-hydrogen) atoms. The summed E-state index contributed by atoms with van der Waals surface area (Å²) in [6.07, 6.45) is 1.72. The van der Waals surface area contributed by atoms with Crippen molar-refractivity contribution in [3.8, 4) is 0 Å². The van der Waals surface area contributed by atoms with E-state index in [-0.39, 0.29) is 11.9 Å². The zero-order chi connectivity index (χ0) is 14.0. The Bertz CT molecular complexity index is 487. The van der Waals surface area contributed by atoms with Crippen molar-refractivity contribution in [1.29, 1.82) is 0 Å². The molecule has 1 saturated heterocycles. The Morgan fingerprint density at radius 3 is 2.47 bits per heavy atom. The van der Waals surface area contributed by atoms with Gasteiger partial charge in [0.1, 0.15) is 5.82 Å². The lowest BCUT2D eigenvalue weighted by atomic mass is 9.90. The Morgan fingerprint density at radius 2 is 1.89 bits per heavy atom. The molecule has 2 N–H and O–H groups in total. The van der Waals surface area contributed by atoms with E-state index in [1.165, 1.54) is 17.0 Å². The molecule has 102 valence electrons. The molecule has 2 rings (SSSR count). The van der Waals surface area contributed by atoms with Gasteiger partial charge in [0.25, 0.3) is 0 Å². The SMILES string of the molecule is C[C@H]1CC[C@H](c2ccc(F)cc2)N(C(=O)C(N)=O)C1. The molecule has 1 aliphatic rings. The number of hydrogen-bond donors (Lipinski definition) is 1. The minimum Gasteiger partial charge on any atom is -0.361 e. The summed E-state index contributed by atoms with van der Waals surface area (Å²) in [5.41, 5.74) is 5.92. The minimum atomic E-state index is -0.943. The molecular weight excluding hydrogens is 247 g/mol. The maximum absolute atomic E-state index is 12.9. The van der Waals surface area contributed by atoms with Crippen LogP contribution in [0, 0.1) is 11.7 Å². The van der Waals surface area contributed by atoms with Gasteiger partial charge in [-0.15, -0.1) is 0 Å². The lowest BCUT2D eigenvalue weighted by Gasteiger charge is -2.38. The van der Waals surface area contributed by atoms with Gasteiger partial charge in [0.15, 0.2) is 0 Å². The number of piperidine rings is 1. The van der Waals surface area contributed by atoms with Crippen LogP contribution in [-0.2, 0) is 9.59 Å². The third kappa shape index (κ3) is 2.92. The molecule has 2 atom stereocenters. The van der Waals surface area contributed by atoms with E-state index in [2.05, 4.69) is 0 Å². The topological polar surface area (TPSA) is 63.4 Å². The first-order chi connectivity index (χ1) is 8.99. The molecule has 1 fully saturated rings. The molecule has 4 nitrogen and oxygen atoms in total. The van der Waals surface area contributed by atoms with Gasteiger partial charge < -0.3 is 10.6 Å². The van der Waals surface area contributed by atoms with Crippen molar-refractivity contribution in [2.24, 2.45) is 11.7 Å². The number of benzene rings is 1. The second kappa shape index (κ2) is 5.38. The summed E-state index contributed by atoms with van der Waals surface area (Å²) < 4.78 is 12.9. The molecule has 0 spiro atoms. The molecule has 0 unspecified atom stereocenters. The normalized spacial score (nSPS) is 23.2. The molecule has 1 aromatic carbocycles. The van der Waals surface area contributed by atoms with Crippen LogP contribution in [0.3, 0.4) is 0 Å². The van der Waals surface area contributed by atoms with Crippen LogP contribution < -0.4 is 5.73 Å². The van der Waals surface area contributed by atoms with Crippen molar-refractivity contribution in [2.45, 2.75) is 25.8 Å². The van der Waals surface area contributed by atoms with Gasteiger partial charge in [0, 0.05) is 6.54 Å². The number of amides is 2. The van der Waals surface area contributed by atoms with Crippen molar-refractivity contribution < 1.29 is 14.0 Å². The first-order valence-corrected chi connectivity index (χ1v) is 6.35. The number of primary amides is 1. The van der Waals surface area contributed by atoms with E-state index in [9.17, 15) is 14.0 Å². The molecule has 1 aliphatic heterocycles. The fourth-order valence-corrected chi connectivity index (χ4v) is 2.55. The maximum Gasteiger partial charge on any atom is 0.312 e. The fourth-order valence-electron chi connectivity index (χ4n) is 2.55. The molecule has 5 heteroatoms. The lowest BCUT2D eigenvalue weighted by molar-refractivity contribution is -0.147. The molecule has 0 aliphatic carbocycles. The quantitative estimate of drug-likeness (QED) is 0.783. The average Bonchev–Trinajstić information content (AvgIpc) is 2.39. The second-order valence-electron chi connectivity index (χ2n) is 5.07. The number of nitrogens with two attached hydrogens (primary N) is 1. The Kier molecular flexibility index (Phi) is 3.83. The molecule has 0 saturated carbocycles. The predicted molar refractivity (Wildman–Crippen MR) is 68.4 cm³/mol. The van der Waals surface area contributed by atoms with Crippen LogP contribution in [0.15, 0.2) is 24.3 Å². The highest BCUT2D eigenvalue weighted by Crippen LogP contribution is 2.33. The number of nitrogens with zero attached hydrogens (tertiary/aromatic N) is 1. The molecule has 1 heterocycles. The van der Waals surface area contributed by atoms with Crippen molar-refractivity contribution in [1.82, 2.24) is 4.90 Å². The zero-order valence-corrected chi connectivity index (χ0v) is 10.8. The number of hydrogen-bond acceptors (Lipinski definition) is 2. The van der Waals surface area contributed by atoms with Gasteiger partial charge in [0.05, 0.1) is 6.04 Å². The van der Waals surface area contributed by atoms with Crippen molar-refractivity contribution in [3.05, 3.63) is 35.6 Å². The standard InChI is InChI=1S/C14H17FN2O2/c1-9-2-7-12(10-3-5-11(15)6-4-10)17(8-9)14(19)13(16)18/h3-6,9,12H,2,7-8H2,1H3,(H2,16,18)/t9-,12+/m0/s1. The van der Waals surface area contributed by atoms with E-state index in [4.69, 9.17) is 5.73 Å². The number of carbonyl (C=O) groups is 2. The second-order valence-corrected chi connectivity index (χ2v) is 5.07. The highest BCUT2D eigenvalue weighted by Gasteiger charge is 2.33. The Morgan fingerprint density at radius 1 is 1.26 bits per heavy atom. The van der Waals surface area contributed by atoms with Crippen LogP contribution in [-0.4, -0.2) is 23.3 Å². The van der Waals surface area contributed by atoms with Crippen LogP contribution in [0.1, 0.15) is 31.4 Å². The van der Waals surface area contributed by atoms with Crippen molar-refractivity contribution >= 4 is 11.8 Å². The van der Waals surface area contributed by atoms with Gasteiger partial charge in [0.2, 0.25) is 0 Å². The molecule has 0 bridgehead atoms. The third-order valence-corrected chi connectivity index (χ3v) is 3.54. The summed E-state index contributed by atoms with van der Waals surface area (Å²) in [6, 6.07) is 5.83. The summed E-state index contributed by atoms with van der Waals surface area (Å²) in [4.78, 5) is 24.5. The first-order valence-electron chi connectivity index (χ1n) is 6.35. The van der Waals surface area contributed by atoms with E-state index in [0.29, 0.717) is 12.5 Å². The minimum absolute atomic E-state index is 0.197. The van der Waals surface area contributed by atoms with E-state index in [1.54, 1.807) is 12.1 Å². The van der Waals surface area contributed by atoms with Crippen LogP contribution in [0.2, 0.25) is 0 Å². The molecule has 0 radical (unpaired) electrons. The van der Waals surface area contributed by atoms with E-state index in [1.807, 2.05) is 6.92 Å². The number of rotatable bonds is 1. The smallest absolute Gasteiger partial charge is 0.312 e. The van der Waals surface area contributed by atoms with Crippen molar-refractivity contribution in [3.63, 3.8) is 0 Å². The zero-order valence-electron chi connectivity index (χ0n) is 10.8. The predicted octanol–water partition coefficient (Wildman–Crippen LogP) is 1.61. The van der Waals surface area contributed by atoms with Gasteiger partial charge in [-0.3, -0.25) is 9.59 Å². The van der Waals surface area contributed by atoms with Gasteiger partial charge in [-0.05, 0) is 36.5 Å². The Labute approximate surface area is 111 Å². The lowest BCUT2D eigenvalue weighted by Crippen LogP contribution is -2.46. The number of halogens is 1. The van der Waals surface area contributed by atoms with E-state index < -0.39 is 11.8 Å². The largest absolute Gasteiger partial charge is 0.361 e. The maximum atomic E-state index is 12.9. The molecule has 2 amide bonds. The van der Waals surface area contributed by atoms with E-state index in [0.717, 1.165) is 18.4 Å². The average molecular weight is 264 g/mol. The third-order valence-electron chi connectivity index (χ3n) is 3.54. The Balaban J connectivity index is 2.27. The summed E-state index contributed by atoms with van der Waals surface area (Å²) in [5.74, 6) is -1.59. The summed E-state index contributed by atoms with van der Waals surface area (Å²) in [6.45, 7) is 2.53. The van der Waals surface area contributed by atoms with Crippen LogP contribution >= 0.6 is 0 Å². The van der Waals surface area contributed by atoms with E-state index >= 15 is 0 Å². The van der Waals surface area contributed by atoms with Gasteiger partial charge in [-0.2, -0.15) is 0 Å². The van der Waals surface area contributed by atoms with Crippen LogP contribution in [0.4, 0.5) is 4.39 Å². The number of likely N-dealkylation sites (tertiary alicyclic amines) is 1. The molecule has 1 aromatic rings. The summed E-state index contributed by atoms with van der Waals surface area (Å²) in [7, 11) is 0. The summed E-state index contributed by atoms with van der Waals surface area (Å²) in [5, 5.41) is 0. The van der Waals surface area contributed by atoms with Crippen LogP contribution in [0.25, 0.3) is 0 Å².